The molecule has 0 spiro atoms. The average molecular weight is 379 g/mol. The highest BCUT2D eigenvalue weighted by Crippen LogP contribution is 2.27. The molecule has 0 atom stereocenters. The Kier molecular flexibility index (Phi) is 4.74. The zero-order valence-electron chi connectivity index (χ0n) is 9.38. The molecule has 2 nitrogen and oxygen atoms in total. The first-order valence-electron chi connectivity index (χ1n) is 5.19. The molecule has 98 valence electrons. The first-order chi connectivity index (χ1) is 8.97. The van der Waals surface area contributed by atoms with Gasteiger partial charge in [-0.05, 0) is 52.3 Å². The van der Waals surface area contributed by atoms with Crippen LogP contribution in [0.5, 0.6) is 0 Å². The van der Waals surface area contributed by atoms with E-state index in [-0.39, 0.29) is 5.91 Å². The molecule has 1 N–H and O–H groups in total. The van der Waals surface area contributed by atoms with Gasteiger partial charge in [-0.2, -0.15) is 0 Å². The Labute approximate surface area is 133 Å². The molecule has 19 heavy (non-hydrogen) atoms. The van der Waals surface area contributed by atoms with Crippen LogP contribution in [0.15, 0.2) is 40.9 Å². The standard InChI is InChI=1S/C13H7BrCl3NO/c14-9-3-1-7(5-11(9)17)13(19)18-12-6-8(15)2-4-10(12)16/h1-6H,(H,18,19). The molecule has 0 saturated heterocycles. The molecule has 2 aromatic rings. The van der Waals surface area contributed by atoms with Gasteiger partial charge in [0.15, 0.2) is 0 Å². The summed E-state index contributed by atoms with van der Waals surface area (Å²) in [6, 6.07) is 9.78. The van der Waals surface area contributed by atoms with E-state index in [9.17, 15) is 4.79 Å². The predicted molar refractivity (Wildman–Crippen MR) is 83.6 cm³/mol. The number of benzene rings is 2. The summed E-state index contributed by atoms with van der Waals surface area (Å²) >= 11 is 21.0. The van der Waals surface area contributed by atoms with E-state index in [1.165, 1.54) is 0 Å². The van der Waals surface area contributed by atoms with E-state index in [1.807, 2.05) is 0 Å². The van der Waals surface area contributed by atoms with Crippen molar-refractivity contribution in [2.75, 3.05) is 5.32 Å². The second kappa shape index (κ2) is 6.14. The normalized spacial score (nSPS) is 10.3. The van der Waals surface area contributed by atoms with Crippen molar-refractivity contribution in [1.82, 2.24) is 0 Å². The summed E-state index contributed by atoms with van der Waals surface area (Å²) in [5.74, 6) is -0.307. The molecule has 0 bridgehead atoms. The van der Waals surface area contributed by atoms with Crippen LogP contribution in [-0.4, -0.2) is 5.91 Å². The summed E-state index contributed by atoms with van der Waals surface area (Å²) in [6.07, 6.45) is 0. The van der Waals surface area contributed by atoms with Crippen molar-refractivity contribution in [3.63, 3.8) is 0 Å². The number of carbonyl (C=O) groups is 1. The van der Waals surface area contributed by atoms with Gasteiger partial charge in [-0.25, -0.2) is 0 Å². The van der Waals surface area contributed by atoms with Crippen molar-refractivity contribution < 1.29 is 4.79 Å². The maximum absolute atomic E-state index is 12.1. The highest BCUT2D eigenvalue weighted by atomic mass is 79.9. The van der Waals surface area contributed by atoms with Crippen LogP contribution in [0.1, 0.15) is 10.4 Å². The van der Waals surface area contributed by atoms with Crippen LogP contribution < -0.4 is 5.32 Å². The lowest BCUT2D eigenvalue weighted by molar-refractivity contribution is 0.102. The maximum atomic E-state index is 12.1. The van der Waals surface area contributed by atoms with Gasteiger partial charge in [0.05, 0.1) is 15.7 Å². The van der Waals surface area contributed by atoms with Gasteiger partial charge in [0.25, 0.3) is 5.91 Å². The molecule has 0 fully saturated rings. The third-order valence-corrected chi connectivity index (χ3v) is 4.16. The number of carbonyl (C=O) groups excluding carboxylic acids is 1. The van der Waals surface area contributed by atoms with Crippen LogP contribution >= 0.6 is 50.7 Å². The topological polar surface area (TPSA) is 29.1 Å². The zero-order valence-corrected chi connectivity index (χ0v) is 13.2. The first-order valence-corrected chi connectivity index (χ1v) is 7.11. The third-order valence-electron chi connectivity index (χ3n) is 2.36. The molecule has 0 aromatic heterocycles. The highest BCUT2D eigenvalue weighted by Gasteiger charge is 2.10. The number of anilines is 1. The van der Waals surface area contributed by atoms with Crippen LogP contribution in [0.3, 0.4) is 0 Å². The summed E-state index contributed by atoms with van der Waals surface area (Å²) in [4.78, 5) is 12.1. The minimum absolute atomic E-state index is 0.307. The van der Waals surface area contributed by atoms with Gasteiger partial charge in [-0.15, -0.1) is 0 Å². The van der Waals surface area contributed by atoms with Crippen LogP contribution in [0.25, 0.3) is 0 Å². The Morgan fingerprint density at radius 3 is 2.42 bits per heavy atom. The Bertz CT molecular complexity index is 646. The van der Waals surface area contributed by atoms with Gasteiger partial charge in [-0.1, -0.05) is 34.8 Å². The van der Waals surface area contributed by atoms with Gasteiger partial charge in [-0.3, -0.25) is 4.79 Å². The van der Waals surface area contributed by atoms with E-state index in [2.05, 4.69) is 21.2 Å². The minimum atomic E-state index is -0.307. The monoisotopic (exact) mass is 377 g/mol. The number of nitrogens with one attached hydrogen (secondary N) is 1. The molecule has 2 rings (SSSR count). The molecule has 0 saturated carbocycles. The number of hydrogen-bond acceptors (Lipinski definition) is 1. The molecular weight excluding hydrogens is 372 g/mol. The molecule has 0 radical (unpaired) electrons. The maximum Gasteiger partial charge on any atom is 0.255 e. The Morgan fingerprint density at radius 2 is 1.74 bits per heavy atom. The van der Waals surface area contributed by atoms with Gasteiger partial charge in [0, 0.05) is 15.1 Å². The van der Waals surface area contributed by atoms with Gasteiger partial charge >= 0.3 is 0 Å². The molecule has 0 aliphatic heterocycles. The summed E-state index contributed by atoms with van der Waals surface area (Å²) in [7, 11) is 0. The molecule has 6 heteroatoms. The van der Waals surface area contributed by atoms with Gasteiger partial charge in [0.2, 0.25) is 0 Å². The molecule has 0 heterocycles. The zero-order chi connectivity index (χ0) is 14.0. The smallest absolute Gasteiger partial charge is 0.255 e. The van der Waals surface area contributed by atoms with E-state index in [0.29, 0.717) is 26.3 Å². The van der Waals surface area contributed by atoms with Crippen molar-refractivity contribution in [3.05, 3.63) is 61.5 Å². The van der Waals surface area contributed by atoms with Crippen molar-refractivity contribution in [1.29, 1.82) is 0 Å². The summed E-state index contributed by atoms with van der Waals surface area (Å²) < 4.78 is 0.728. The van der Waals surface area contributed by atoms with E-state index in [4.69, 9.17) is 34.8 Å². The van der Waals surface area contributed by atoms with E-state index in [0.717, 1.165) is 4.47 Å². The van der Waals surface area contributed by atoms with Crippen molar-refractivity contribution >= 4 is 62.3 Å². The van der Waals surface area contributed by atoms with Crippen LogP contribution in [0, 0.1) is 0 Å². The second-order valence-corrected chi connectivity index (χ2v) is 5.81. The molecule has 0 aliphatic rings. The van der Waals surface area contributed by atoms with Crippen molar-refractivity contribution in [3.8, 4) is 0 Å². The number of rotatable bonds is 2. The Balaban J connectivity index is 2.25. The fourth-order valence-electron chi connectivity index (χ4n) is 1.43. The largest absolute Gasteiger partial charge is 0.321 e. The molecule has 0 unspecified atom stereocenters. The highest BCUT2D eigenvalue weighted by molar-refractivity contribution is 9.10. The molecule has 1 amide bonds. The fraction of sp³-hybridized carbons (Fsp3) is 0. The van der Waals surface area contributed by atoms with E-state index < -0.39 is 0 Å². The van der Waals surface area contributed by atoms with Crippen LogP contribution in [0.2, 0.25) is 15.1 Å². The third kappa shape index (κ3) is 3.63. The SMILES string of the molecule is O=C(Nc1cc(Cl)ccc1Cl)c1ccc(Br)c(Cl)c1. The second-order valence-electron chi connectivity index (χ2n) is 3.71. The average Bonchev–Trinajstić information content (AvgIpc) is 2.37. The first kappa shape index (κ1) is 14.7. The summed E-state index contributed by atoms with van der Waals surface area (Å²) in [5.41, 5.74) is 0.891. The number of hydrogen-bond donors (Lipinski definition) is 1. The molecular formula is C13H7BrCl3NO. The molecule has 0 aliphatic carbocycles. The van der Waals surface area contributed by atoms with Crippen LogP contribution in [0.4, 0.5) is 5.69 Å². The predicted octanol–water partition coefficient (Wildman–Crippen LogP) is 5.66. The van der Waals surface area contributed by atoms with Gasteiger partial charge in [0.1, 0.15) is 0 Å². The fourth-order valence-corrected chi connectivity index (χ4v) is 2.19. The molecule has 2 aromatic carbocycles. The minimum Gasteiger partial charge on any atom is -0.321 e. The Morgan fingerprint density at radius 1 is 1.00 bits per heavy atom. The Hall–Kier alpha value is -0.740. The van der Waals surface area contributed by atoms with Gasteiger partial charge < -0.3 is 5.32 Å². The summed E-state index contributed by atoms with van der Waals surface area (Å²) in [6.45, 7) is 0. The quantitative estimate of drug-likeness (QED) is 0.716. The lowest BCUT2D eigenvalue weighted by Gasteiger charge is -2.08. The van der Waals surface area contributed by atoms with E-state index in [1.54, 1.807) is 36.4 Å². The number of halogens is 4. The lowest BCUT2D eigenvalue weighted by Crippen LogP contribution is -2.12. The van der Waals surface area contributed by atoms with E-state index >= 15 is 0 Å². The summed E-state index contributed by atoms with van der Waals surface area (Å²) in [5, 5.41) is 4.06. The number of amides is 1. The lowest BCUT2D eigenvalue weighted by atomic mass is 10.2. The van der Waals surface area contributed by atoms with Crippen LogP contribution in [-0.2, 0) is 0 Å². The van der Waals surface area contributed by atoms with Crippen molar-refractivity contribution in [2.24, 2.45) is 0 Å². The van der Waals surface area contributed by atoms with Crippen molar-refractivity contribution in [2.45, 2.75) is 0 Å².